The van der Waals surface area contributed by atoms with E-state index in [4.69, 9.17) is 14.3 Å². The number of ether oxygens (including phenoxy) is 2. The van der Waals surface area contributed by atoms with E-state index in [1.807, 2.05) is 6.07 Å². The number of hydrogen-bond donors (Lipinski definition) is 2. The molecule has 0 spiro atoms. The summed E-state index contributed by atoms with van der Waals surface area (Å²) in [7, 11) is 0.499. The lowest BCUT2D eigenvalue weighted by atomic mass is 9.86. The average Bonchev–Trinajstić information content (AvgIpc) is 2.84. The summed E-state index contributed by atoms with van der Waals surface area (Å²) in [5.74, 6) is 0.0716. The van der Waals surface area contributed by atoms with Crippen molar-refractivity contribution in [3.63, 3.8) is 0 Å². The average molecular weight is 508 g/mol. The van der Waals surface area contributed by atoms with E-state index in [9.17, 15) is 17.4 Å². The Hall–Kier alpha value is -2.85. The summed E-state index contributed by atoms with van der Waals surface area (Å²) >= 11 is 0. The van der Waals surface area contributed by atoms with Crippen molar-refractivity contribution in [1.29, 1.82) is 4.78 Å². The van der Waals surface area contributed by atoms with Gasteiger partial charge in [0.1, 0.15) is 11.6 Å². The van der Waals surface area contributed by atoms with Crippen molar-refractivity contribution in [2.75, 3.05) is 31.0 Å². The van der Waals surface area contributed by atoms with Gasteiger partial charge in [-0.2, -0.15) is 0 Å². The van der Waals surface area contributed by atoms with Gasteiger partial charge in [-0.25, -0.2) is 17.4 Å². The van der Waals surface area contributed by atoms with Gasteiger partial charge in [0.25, 0.3) is 6.43 Å². The normalized spacial score (nSPS) is 23.4. The molecule has 1 saturated heterocycles. The maximum atomic E-state index is 14.8. The van der Waals surface area contributed by atoms with Gasteiger partial charge in [0.15, 0.2) is 0 Å². The molecule has 188 valence electrons. The third-order valence-electron chi connectivity index (χ3n) is 6.75. The zero-order valence-corrected chi connectivity index (χ0v) is 20.6. The molecule has 6 nitrogen and oxygen atoms in total. The maximum absolute atomic E-state index is 14.8. The number of nitrogens with one attached hydrogen (secondary N) is 2. The second kappa shape index (κ2) is 9.66. The molecule has 35 heavy (non-hydrogen) atoms. The number of nitrogens with zero attached hydrogens (tertiary/aromatic N) is 1. The molecule has 2 heterocycles. The van der Waals surface area contributed by atoms with Gasteiger partial charge in [-0.15, -0.1) is 0 Å². The Kier molecular flexibility index (Phi) is 6.97. The predicted molar refractivity (Wildman–Crippen MR) is 130 cm³/mol. The minimum Gasteiger partial charge on any atom is -0.496 e. The van der Waals surface area contributed by atoms with E-state index >= 15 is 0 Å². The molecule has 0 unspecified atom stereocenters. The summed E-state index contributed by atoms with van der Waals surface area (Å²) in [4.78, 5) is 4.43. The largest absolute Gasteiger partial charge is 0.496 e. The number of alkyl halides is 2. The third-order valence-corrected chi connectivity index (χ3v) is 8.47. The Morgan fingerprint density at radius 2 is 1.83 bits per heavy atom. The van der Waals surface area contributed by atoms with Gasteiger partial charge < -0.3 is 14.8 Å². The Morgan fingerprint density at radius 3 is 2.46 bits per heavy atom. The lowest BCUT2D eigenvalue weighted by Crippen LogP contribution is -2.38. The van der Waals surface area contributed by atoms with Gasteiger partial charge in [0.2, 0.25) is 0 Å². The molecule has 1 aromatic heterocycles. The van der Waals surface area contributed by atoms with Gasteiger partial charge in [0, 0.05) is 62.8 Å². The van der Waals surface area contributed by atoms with Crippen LogP contribution in [0, 0.1) is 10.6 Å². The fourth-order valence-electron chi connectivity index (χ4n) is 4.68. The molecule has 0 aliphatic carbocycles. The highest BCUT2D eigenvalue weighted by atomic mass is 32.2. The Labute approximate surface area is 202 Å². The molecule has 1 atom stereocenters. The van der Waals surface area contributed by atoms with Crippen molar-refractivity contribution < 1.29 is 26.9 Å². The molecule has 0 bridgehead atoms. The summed E-state index contributed by atoms with van der Waals surface area (Å²) in [6, 6.07) is 8.79. The van der Waals surface area contributed by atoms with Gasteiger partial charge in [0.05, 0.1) is 29.8 Å². The van der Waals surface area contributed by atoms with Crippen LogP contribution in [0.5, 0.6) is 5.75 Å². The van der Waals surface area contributed by atoms with E-state index in [-0.39, 0.29) is 17.1 Å². The van der Waals surface area contributed by atoms with Crippen LogP contribution in [0.4, 0.5) is 18.9 Å². The smallest absolute Gasteiger partial charge is 0.266 e. The third kappa shape index (κ3) is 4.81. The molecule has 1 aliphatic rings. The first-order valence-corrected chi connectivity index (χ1v) is 13.1. The minimum absolute atomic E-state index is 0.132. The van der Waals surface area contributed by atoms with Gasteiger partial charge in [-0.3, -0.25) is 9.76 Å². The number of aromatic nitrogens is 1. The molecule has 2 aromatic carbocycles. The van der Waals surface area contributed by atoms with Crippen LogP contribution in [0.15, 0.2) is 42.6 Å². The highest BCUT2D eigenvalue weighted by Gasteiger charge is 2.40. The summed E-state index contributed by atoms with van der Waals surface area (Å²) in [5.41, 5.74) is 0.730. The molecule has 0 saturated carbocycles. The maximum Gasteiger partial charge on any atom is 0.266 e. The number of rotatable bonds is 7. The number of halogens is 3. The lowest BCUT2D eigenvalue weighted by molar-refractivity contribution is -0.0244. The predicted octanol–water partition coefficient (Wildman–Crippen LogP) is 6.18. The first-order valence-electron chi connectivity index (χ1n) is 11.2. The fraction of sp³-hybridized carbons (Fsp3) is 0.400. The summed E-state index contributed by atoms with van der Waals surface area (Å²) in [6.45, 7) is 1.70. The first kappa shape index (κ1) is 25.2. The second-order valence-electron chi connectivity index (χ2n) is 8.76. The van der Waals surface area contributed by atoms with Crippen LogP contribution < -0.4 is 10.1 Å². The second-order valence-corrected chi connectivity index (χ2v) is 11.2. The molecule has 1 fully saturated rings. The van der Waals surface area contributed by atoms with Crippen LogP contribution in [0.2, 0.25) is 0 Å². The van der Waals surface area contributed by atoms with E-state index in [2.05, 4.69) is 10.3 Å². The molecular weight excluding hydrogens is 479 g/mol. The van der Waals surface area contributed by atoms with E-state index in [1.165, 1.54) is 12.1 Å². The van der Waals surface area contributed by atoms with Crippen molar-refractivity contribution in [3.05, 3.63) is 65.1 Å². The van der Waals surface area contributed by atoms with Crippen LogP contribution in [0.25, 0.3) is 10.9 Å². The van der Waals surface area contributed by atoms with Gasteiger partial charge in [-0.1, -0.05) is 18.2 Å². The highest BCUT2D eigenvalue weighted by molar-refractivity contribution is 7.92. The zero-order chi connectivity index (χ0) is 25.4. The molecule has 3 aromatic rings. The Bertz CT molecular complexity index is 1330. The van der Waals surface area contributed by atoms with E-state index in [0.717, 1.165) is 11.6 Å². The molecule has 1 aliphatic heterocycles. The minimum atomic E-state index is -2.90. The molecule has 10 heteroatoms. The van der Waals surface area contributed by atoms with Crippen LogP contribution >= 0.6 is 0 Å². The van der Waals surface area contributed by atoms with Crippen LogP contribution in [0.3, 0.4) is 0 Å². The lowest BCUT2D eigenvalue weighted by Gasteiger charge is -2.38. The van der Waals surface area contributed by atoms with Gasteiger partial charge in [-0.05, 0) is 31.9 Å². The zero-order valence-electron chi connectivity index (χ0n) is 19.7. The van der Waals surface area contributed by atoms with E-state index in [0.29, 0.717) is 35.2 Å². The SMILES string of the molecule is COc1cc2nccc(N[C@H](C)c3cccc(C(F)F)c3F)c2cc1C1(OC)CCS(=N)(=O)CC1. The molecule has 4 rings (SSSR count). The number of fused-ring (bicyclic) bond motifs is 1. The first-order chi connectivity index (χ1) is 16.6. The summed E-state index contributed by atoms with van der Waals surface area (Å²) in [6.07, 6.45) is -0.500. The molecule has 2 N–H and O–H groups in total. The van der Waals surface area contributed by atoms with E-state index < -0.39 is 39.2 Å². The van der Waals surface area contributed by atoms with Crippen molar-refractivity contribution in [3.8, 4) is 5.75 Å². The topological polar surface area (TPSA) is 84.3 Å². The highest BCUT2D eigenvalue weighted by Crippen LogP contribution is 2.44. The van der Waals surface area contributed by atoms with Crippen molar-refractivity contribution in [1.82, 2.24) is 4.98 Å². The van der Waals surface area contributed by atoms with Gasteiger partial charge >= 0.3 is 0 Å². The fourth-order valence-corrected chi connectivity index (χ4v) is 6.20. The summed E-state index contributed by atoms with van der Waals surface area (Å²) in [5, 5.41) is 3.95. The van der Waals surface area contributed by atoms with Crippen molar-refractivity contribution in [2.24, 2.45) is 0 Å². The van der Waals surface area contributed by atoms with Crippen molar-refractivity contribution >= 4 is 26.3 Å². The number of anilines is 1. The Morgan fingerprint density at radius 1 is 1.14 bits per heavy atom. The number of pyridine rings is 1. The standard InChI is InChI=1S/C25H28F3N3O3S/c1-15(16-5-4-6-17(23(16)26)24(27)28)31-20-7-10-30-21-14-22(33-2)19(13-18(20)21)25(34-3)8-11-35(29,32)12-9-25/h4-7,10,13-15,24,29H,8-9,11-12H2,1-3H3,(H,30,31)/t15-,25?,35?/m1/s1. The number of benzene rings is 2. The van der Waals surface area contributed by atoms with Crippen LogP contribution in [-0.4, -0.2) is 34.9 Å². The molecular formula is C25H28F3N3O3S. The van der Waals surface area contributed by atoms with E-state index in [1.54, 1.807) is 39.5 Å². The van der Waals surface area contributed by atoms with Crippen LogP contribution in [-0.2, 0) is 20.1 Å². The number of hydrogen-bond acceptors (Lipinski definition) is 6. The molecule has 0 amide bonds. The summed E-state index contributed by atoms with van der Waals surface area (Å²) < 4.78 is 73.0. The van der Waals surface area contributed by atoms with Crippen LogP contribution in [0.1, 0.15) is 48.9 Å². The number of methoxy groups -OCH3 is 2. The van der Waals surface area contributed by atoms with Crippen molar-refractivity contribution in [2.45, 2.75) is 37.8 Å². The Balaban J connectivity index is 1.78. The monoisotopic (exact) mass is 507 g/mol. The molecule has 0 radical (unpaired) electrons. The quantitative estimate of drug-likeness (QED) is 0.399.